The minimum Gasteiger partial charge on any atom is -0.385 e. The van der Waals surface area contributed by atoms with Crippen LogP contribution in [0.4, 0.5) is 15.8 Å². The molecule has 24 heavy (non-hydrogen) atoms. The Labute approximate surface area is 139 Å². The molecular weight excluding hydrogens is 335 g/mol. The number of nitrogens with one attached hydrogen (secondary N) is 1. The van der Waals surface area contributed by atoms with Gasteiger partial charge in [0.1, 0.15) is 10.7 Å². The van der Waals surface area contributed by atoms with E-state index in [4.69, 9.17) is 0 Å². The summed E-state index contributed by atoms with van der Waals surface area (Å²) in [6, 6.07) is 10.2. The van der Waals surface area contributed by atoms with Crippen LogP contribution in [0, 0.1) is 15.9 Å². The average molecular weight is 352 g/mol. The van der Waals surface area contributed by atoms with E-state index >= 15 is 0 Å². The molecule has 0 amide bonds. The topological polar surface area (TPSA) is 89.3 Å². The van der Waals surface area contributed by atoms with Gasteiger partial charge >= 0.3 is 0 Å². The third-order valence-corrected chi connectivity index (χ3v) is 4.54. The molecule has 6 nitrogen and oxygen atoms in total. The van der Waals surface area contributed by atoms with Crippen LogP contribution in [0.3, 0.4) is 0 Å². The minimum atomic E-state index is -3.70. The van der Waals surface area contributed by atoms with Crippen molar-refractivity contribution in [2.45, 2.75) is 17.7 Å². The summed E-state index contributed by atoms with van der Waals surface area (Å²) in [6.45, 7) is 0.525. The van der Waals surface area contributed by atoms with E-state index in [1.807, 2.05) is 6.07 Å². The monoisotopic (exact) mass is 352 g/mol. The molecule has 0 bridgehead atoms. The van der Waals surface area contributed by atoms with Crippen LogP contribution in [0.2, 0.25) is 0 Å². The number of sulfone groups is 1. The summed E-state index contributed by atoms with van der Waals surface area (Å²) in [5.74, 6) is -0.284. The molecule has 0 atom stereocenters. The standard InChI is InChI=1S/C16H17FN2O4S/c1-24(22,23)16-11-14(7-8-15(16)19(20)21)18-9-3-5-12-4-2-6-13(17)10-12/h2,4,6-8,10-11,18H,3,5,9H2,1H3. The second kappa shape index (κ2) is 7.39. The Morgan fingerprint density at radius 3 is 2.58 bits per heavy atom. The first-order valence-corrected chi connectivity index (χ1v) is 9.13. The molecule has 0 unspecified atom stereocenters. The molecule has 0 aromatic heterocycles. The third-order valence-electron chi connectivity index (χ3n) is 3.42. The molecule has 2 aromatic rings. The van der Waals surface area contributed by atoms with E-state index in [0.717, 1.165) is 11.8 Å². The highest BCUT2D eigenvalue weighted by Crippen LogP contribution is 2.27. The van der Waals surface area contributed by atoms with Crippen molar-refractivity contribution >= 4 is 21.2 Å². The van der Waals surface area contributed by atoms with E-state index in [1.165, 1.54) is 30.3 Å². The van der Waals surface area contributed by atoms with Crippen LogP contribution >= 0.6 is 0 Å². The number of anilines is 1. The Balaban J connectivity index is 2.01. The lowest BCUT2D eigenvalue weighted by Crippen LogP contribution is -2.07. The highest BCUT2D eigenvalue weighted by Gasteiger charge is 2.22. The van der Waals surface area contributed by atoms with Crippen LogP contribution in [0.5, 0.6) is 0 Å². The predicted octanol–water partition coefficient (Wildman–Crippen LogP) is 3.18. The van der Waals surface area contributed by atoms with Crippen molar-refractivity contribution in [3.63, 3.8) is 0 Å². The molecule has 0 aliphatic carbocycles. The van der Waals surface area contributed by atoms with Crippen molar-refractivity contribution < 1.29 is 17.7 Å². The van der Waals surface area contributed by atoms with Gasteiger partial charge in [-0.3, -0.25) is 10.1 Å². The molecular formula is C16H17FN2O4S. The summed E-state index contributed by atoms with van der Waals surface area (Å²) in [5.41, 5.74) is 0.917. The van der Waals surface area contributed by atoms with Crippen molar-refractivity contribution in [2.75, 3.05) is 18.1 Å². The van der Waals surface area contributed by atoms with Gasteiger partial charge in [0.2, 0.25) is 0 Å². The van der Waals surface area contributed by atoms with Crippen LogP contribution in [0.1, 0.15) is 12.0 Å². The van der Waals surface area contributed by atoms with Gasteiger partial charge in [0.05, 0.1) is 4.92 Å². The molecule has 8 heteroatoms. The Morgan fingerprint density at radius 2 is 1.96 bits per heavy atom. The van der Waals surface area contributed by atoms with Gasteiger partial charge in [-0.2, -0.15) is 0 Å². The van der Waals surface area contributed by atoms with Crippen molar-refractivity contribution in [1.29, 1.82) is 0 Å². The van der Waals surface area contributed by atoms with Crippen LogP contribution in [0.25, 0.3) is 0 Å². The highest BCUT2D eigenvalue weighted by atomic mass is 32.2. The van der Waals surface area contributed by atoms with Crippen LogP contribution < -0.4 is 5.32 Å². The minimum absolute atomic E-state index is 0.284. The number of benzene rings is 2. The molecule has 0 spiro atoms. The molecule has 128 valence electrons. The molecule has 2 rings (SSSR count). The van der Waals surface area contributed by atoms with Crippen LogP contribution in [-0.2, 0) is 16.3 Å². The van der Waals surface area contributed by atoms with Gasteiger partial charge in [-0.1, -0.05) is 12.1 Å². The van der Waals surface area contributed by atoms with Crippen molar-refractivity contribution in [1.82, 2.24) is 0 Å². The van der Waals surface area contributed by atoms with E-state index in [2.05, 4.69) is 5.32 Å². The summed E-state index contributed by atoms with van der Waals surface area (Å²) in [6.07, 6.45) is 2.30. The third kappa shape index (κ3) is 4.76. The summed E-state index contributed by atoms with van der Waals surface area (Å²) >= 11 is 0. The van der Waals surface area contributed by atoms with E-state index in [1.54, 1.807) is 6.07 Å². The zero-order valence-corrected chi connectivity index (χ0v) is 13.8. The van der Waals surface area contributed by atoms with Gasteiger partial charge in [-0.05, 0) is 42.7 Å². The largest absolute Gasteiger partial charge is 0.385 e. The fourth-order valence-electron chi connectivity index (χ4n) is 2.29. The summed E-state index contributed by atoms with van der Waals surface area (Å²) < 4.78 is 36.5. The Bertz CT molecular complexity index is 853. The summed E-state index contributed by atoms with van der Waals surface area (Å²) in [4.78, 5) is 9.88. The first-order valence-electron chi connectivity index (χ1n) is 7.24. The van der Waals surface area contributed by atoms with Crippen LogP contribution in [0.15, 0.2) is 47.4 Å². The fraction of sp³-hybridized carbons (Fsp3) is 0.250. The number of halogens is 1. The molecule has 2 aromatic carbocycles. The number of hydrogen-bond acceptors (Lipinski definition) is 5. The number of nitro benzene ring substituents is 1. The molecule has 0 saturated heterocycles. The zero-order valence-electron chi connectivity index (χ0n) is 13.0. The Hall–Kier alpha value is -2.48. The number of rotatable bonds is 7. The number of hydrogen-bond donors (Lipinski definition) is 1. The molecule has 0 radical (unpaired) electrons. The van der Waals surface area contributed by atoms with Crippen molar-refractivity contribution in [3.05, 3.63) is 64.0 Å². The van der Waals surface area contributed by atoms with E-state index in [9.17, 15) is 22.9 Å². The first kappa shape index (κ1) is 17.9. The van der Waals surface area contributed by atoms with Gasteiger partial charge < -0.3 is 5.32 Å². The zero-order chi connectivity index (χ0) is 17.7. The summed E-state index contributed by atoms with van der Waals surface area (Å²) in [7, 11) is -3.70. The molecule has 0 fully saturated rings. The summed E-state index contributed by atoms with van der Waals surface area (Å²) in [5, 5.41) is 13.9. The van der Waals surface area contributed by atoms with Crippen molar-refractivity contribution in [3.8, 4) is 0 Å². The predicted molar refractivity (Wildman–Crippen MR) is 89.4 cm³/mol. The van der Waals surface area contributed by atoms with E-state index in [0.29, 0.717) is 25.1 Å². The maximum atomic E-state index is 13.1. The Kier molecular flexibility index (Phi) is 5.50. The van der Waals surface area contributed by atoms with E-state index in [-0.39, 0.29) is 10.7 Å². The maximum absolute atomic E-state index is 13.1. The SMILES string of the molecule is CS(=O)(=O)c1cc(NCCCc2cccc(F)c2)ccc1[N+](=O)[O-]. The van der Waals surface area contributed by atoms with Gasteiger partial charge in [0, 0.05) is 24.6 Å². The number of aryl methyl sites for hydroxylation is 1. The van der Waals surface area contributed by atoms with Gasteiger partial charge in [0.25, 0.3) is 5.69 Å². The number of nitro groups is 1. The molecule has 0 aliphatic rings. The maximum Gasteiger partial charge on any atom is 0.288 e. The average Bonchev–Trinajstić information content (AvgIpc) is 2.50. The lowest BCUT2D eigenvalue weighted by atomic mass is 10.1. The molecule has 0 saturated carbocycles. The second-order valence-electron chi connectivity index (χ2n) is 5.37. The number of nitrogens with zero attached hydrogens (tertiary/aromatic N) is 1. The van der Waals surface area contributed by atoms with Gasteiger partial charge in [-0.25, -0.2) is 12.8 Å². The second-order valence-corrected chi connectivity index (χ2v) is 7.36. The first-order chi connectivity index (χ1) is 11.3. The van der Waals surface area contributed by atoms with Crippen molar-refractivity contribution in [2.24, 2.45) is 0 Å². The van der Waals surface area contributed by atoms with E-state index < -0.39 is 20.4 Å². The Morgan fingerprint density at radius 1 is 1.21 bits per heavy atom. The highest BCUT2D eigenvalue weighted by molar-refractivity contribution is 7.90. The lowest BCUT2D eigenvalue weighted by molar-refractivity contribution is -0.387. The van der Waals surface area contributed by atoms with Gasteiger partial charge in [-0.15, -0.1) is 0 Å². The van der Waals surface area contributed by atoms with Gasteiger partial charge in [0.15, 0.2) is 9.84 Å². The molecule has 0 aliphatic heterocycles. The lowest BCUT2D eigenvalue weighted by Gasteiger charge is -2.08. The fourth-order valence-corrected chi connectivity index (χ4v) is 3.15. The quantitative estimate of drug-likeness (QED) is 0.470. The molecule has 0 heterocycles. The smallest absolute Gasteiger partial charge is 0.288 e. The molecule has 1 N–H and O–H groups in total. The normalized spacial score (nSPS) is 11.2. The van der Waals surface area contributed by atoms with Crippen LogP contribution in [-0.4, -0.2) is 26.1 Å².